The van der Waals surface area contributed by atoms with Gasteiger partial charge in [0.05, 0.1) is 23.9 Å². The predicted octanol–water partition coefficient (Wildman–Crippen LogP) is 3.17. The Hall–Kier alpha value is -2.27. The van der Waals surface area contributed by atoms with Crippen molar-refractivity contribution in [1.82, 2.24) is 9.88 Å². The predicted molar refractivity (Wildman–Crippen MR) is 88.8 cm³/mol. The van der Waals surface area contributed by atoms with Gasteiger partial charge in [0.25, 0.3) is 5.91 Å². The van der Waals surface area contributed by atoms with Crippen molar-refractivity contribution in [3.63, 3.8) is 0 Å². The van der Waals surface area contributed by atoms with Crippen LogP contribution in [0.5, 0.6) is 0 Å². The summed E-state index contributed by atoms with van der Waals surface area (Å²) in [5, 5.41) is 10.7. The molecule has 1 amide bonds. The molecule has 0 unspecified atom stereocenters. The number of hydrogen-bond donors (Lipinski definition) is 1. The number of benzene rings is 1. The fraction of sp³-hybridized carbons (Fsp3) is 0.368. The Morgan fingerprint density at radius 3 is 2.58 bits per heavy atom. The Morgan fingerprint density at radius 2 is 1.92 bits per heavy atom. The van der Waals surface area contributed by atoms with Crippen LogP contribution >= 0.6 is 0 Å². The number of nitrogens with zero attached hydrogens (tertiary/aromatic N) is 2. The second-order valence-electron chi connectivity index (χ2n) is 6.43. The second-order valence-corrected chi connectivity index (χ2v) is 6.43. The van der Waals surface area contributed by atoms with Gasteiger partial charge in [-0.25, -0.2) is 4.39 Å². The molecule has 1 aliphatic carbocycles. The van der Waals surface area contributed by atoms with E-state index >= 15 is 0 Å². The zero-order valence-electron chi connectivity index (χ0n) is 13.5. The van der Waals surface area contributed by atoms with Crippen molar-refractivity contribution >= 4 is 5.91 Å². The van der Waals surface area contributed by atoms with Crippen molar-refractivity contribution in [3.8, 4) is 0 Å². The maximum Gasteiger partial charge on any atom is 0.257 e. The Kier molecular flexibility index (Phi) is 4.90. The second kappa shape index (κ2) is 7.09. The van der Waals surface area contributed by atoms with Gasteiger partial charge in [0.15, 0.2) is 5.82 Å². The van der Waals surface area contributed by atoms with Gasteiger partial charge in [-0.1, -0.05) is 43.2 Å². The molecule has 126 valence electrons. The molecule has 5 heteroatoms. The van der Waals surface area contributed by atoms with E-state index in [-0.39, 0.29) is 12.1 Å². The van der Waals surface area contributed by atoms with Crippen LogP contribution in [0.1, 0.15) is 41.6 Å². The third-order valence-corrected chi connectivity index (χ3v) is 4.53. The van der Waals surface area contributed by atoms with Crippen molar-refractivity contribution in [3.05, 3.63) is 65.7 Å². The average molecular weight is 328 g/mol. The van der Waals surface area contributed by atoms with Crippen LogP contribution in [0.2, 0.25) is 0 Å². The zero-order chi connectivity index (χ0) is 17.0. The quantitative estimate of drug-likeness (QED) is 0.917. The molecular formula is C19H21FN2O2. The normalized spacial score (nSPS) is 16.1. The molecule has 0 aliphatic heterocycles. The molecule has 1 aromatic carbocycles. The molecule has 4 nitrogen and oxygen atoms in total. The minimum Gasteiger partial charge on any atom is -0.388 e. The van der Waals surface area contributed by atoms with E-state index in [4.69, 9.17) is 0 Å². The molecule has 2 aromatic rings. The highest BCUT2D eigenvalue weighted by atomic mass is 19.1. The van der Waals surface area contributed by atoms with Crippen molar-refractivity contribution in [2.24, 2.45) is 0 Å². The number of halogens is 1. The Bertz CT molecular complexity index is 700. The number of rotatable bonds is 5. The van der Waals surface area contributed by atoms with Crippen LogP contribution in [-0.4, -0.2) is 33.0 Å². The maximum atomic E-state index is 14.0. The summed E-state index contributed by atoms with van der Waals surface area (Å²) in [6.07, 6.45) is 5.69. The number of aromatic nitrogens is 1. The molecule has 1 N–H and O–H groups in total. The highest BCUT2D eigenvalue weighted by Gasteiger charge is 2.35. The van der Waals surface area contributed by atoms with Gasteiger partial charge < -0.3 is 10.0 Å². The summed E-state index contributed by atoms with van der Waals surface area (Å²) in [6.45, 7) is 0.548. The first kappa shape index (κ1) is 16.6. The van der Waals surface area contributed by atoms with Crippen molar-refractivity contribution in [2.45, 2.75) is 37.8 Å². The first-order valence-corrected chi connectivity index (χ1v) is 8.22. The van der Waals surface area contributed by atoms with E-state index in [0.29, 0.717) is 19.4 Å². The van der Waals surface area contributed by atoms with Crippen molar-refractivity contribution in [1.29, 1.82) is 0 Å². The summed E-state index contributed by atoms with van der Waals surface area (Å²) in [4.78, 5) is 18.1. The molecule has 1 aliphatic rings. The molecule has 24 heavy (non-hydrogen) atoms. The summed E-state index contributed by atoms with van der Waals surface area (Å²) in [5.74, 6) is -1.06. The lowest BCUT2D eigenvalue weighted by atomic mass is 10.0. The van der Waals surface area contributed by atoms with Gasteiger partial charge in [0.2, 0.25) is 0 Å². The summed E-state index contributed by atoms with van der Waals surface area (Å²) < 4.78 is 14.0. The molecule has 0 saturated heterocycles. The summed E-state index contributed by atoms with van der Waals surface area (Å²) in [5.41, 5.74) is 0.0537. The van der Waals surface area contributed by atoms with Crippen LogP contribution in [0.4, 0.5) is 4.39 Å². The van der Waals surface area contributed by atoms with Gasteiger partial charge in [-0.3, -0.25) is 9.78 Å². The molecule has 1 aromatic heterocycles. The fourth-order valence-electron chi connectivity index (χ4n) is 3.27. The van der Waals surface area contributed by atoms with E-state index < -0.39 is 17.3 Å². The average Bonchev–Trinajstić information content (AvgIpc) is 3.01. The van der Waals surface area contributed by atoms with Crippen LogP contribution in [0.15, 0.2) is 48.8 Å². The smallest absolute Gasteiger partial charge is 0.257 e. The first-order valence-electron chi connectivity index (χ1n) is 8.22. The van der Waals surface area contributed by atoms with Gasteiger partial charge in [-0.15, -0.1) is 0 Å². The molecule has 0 radical (unpaired) electrons. The number of hydrogen-bond acceptors (Lipinski definition) is 3. The van der Waals surface area contributed by atoms with Crippen LogP contribution < -0.4 is 0 Å². The highest BCUT2D eigenvalue weighted by molar-refractivity contribution is 5.94. The van der Waals surface area contributed by atoms with Gasteiger partial charge >= 0.3 is 0 Å². The lowest BCUT2D eigenvalue weighted by Gasteiger charge is -2.31. The number of aliphatic hydroxyl groups is 1. The van der Waals surface area contributed by atoms with E-state index in [0.717, 1.165) is 24.6 Å². The van der Waals surface area contributed by atoms with Crippen molar-refractivity contribution < 1.29 is 14.3 Å². The van der Waals surface area contributed by atoms with Gasteiger partial charge in [0, 0.05) is 12.7 Å². The number of carbonyl (C=O) groups excluding carboxylic acids is 1. The maximum absolute atomic E-state index is 14.0. The minimum atomic E-state index is -0.881. The minimum absolute atomic E-state index is 0.0115. The number of amides is 1. The van der Waals surface area contributed by atoms with Crippen molar-refractivity contribution in [2.75, 3.05) is 6.54 Å². The van der Waals surface area contributed by atoms with E-state index in [1.54, 1.807) is 4.90 Å². The SMILES string of the molecule is O=C(c1ccncc1F)N(Cc1ccccc1)CC1(O)CCCC1. The Labute approximate surface area is 141 Å². The largest absolute Gasteiger partial charge is 0.388 e. The van der Waals surface area contributed by atoms with Crippen LogP contribution in [0.3, 0.4) is 0 Å². The molecule has 1 saturated carbocycles. The molecule has 0 bridgehead atoms. The molecule has 0 spiro atoms. The molecule has 1 heterocycles. The summed E-state index contributed by atoms with van der Waals surface area (Å²) >= 11 is 0. The van der Waals surface area contributed by atoms with Gasteiger partial charge in [-0.05, 0) is 24.5 Å². The molecule has 3 rings (SSSR count). The number of pyridine rings is 1. The zero-order valence-corrected chi connectivity index (χ0v) is 13.5. The lowest BCUT2D eigenvalue weighted by Crippen LogP contribution is -2.44. The topological polar surface area (TPSA) is 53.4 Å². The van der Waals surface area contributed by atoms with Crippen LogP contribution in [0.25, 0.3) is 0 Å². The molecule has 1 fully saturated rings. The van der Waals surface area contributed by atoms with Crippen LogP contribution in [-0.2, 0) is 6.54 Å². The van der Waals surface area contributed by atoms with Gasteiger partial charge in [-0.2, -0.15) is 0 Å². The van der Waals surface area contributed by atoms with Gasteiger partial charge in [0.1, 0.15) is 0 Å². The van der Waals surface area contributed by atoms with Crippen LogP contribution in [0, 0.1) is 5.82 Å². The molecular weight excluding hydrogens is 307 g/mol. The van der Waals surface area contributed by atoms with E-state index in [9.17, 15) is 14.3 Å². The first-order chi connectivity index (χ1) is 11.6. The van der Waals surface area contributed by atoms with E-state index in [1.165, 1.54) is 12.3 Å². The van der Waals surface area contributed by atoms with E-state index in [2.05, 4.69) is 4.98 Å². The Morgan fingerprint density at radius 1 is 1.21 bits per heavy atom. The third-order valence-electron chi connectivity index (χ3n) is 4.53. The summed E-state index contributed by atoms with van der Waals surface area (Å²) in [6, 6.07) is 10.9. The third kappa shape index (κ3) is 3.79. The standard InChI is InChI=1S/C19H21FN2O2/c20-17-12-21-11-8-16(17)18(23)22(13-15-6-2-1-3-7-15)14-19(24)9-4-5-10-19/h1-3,6-8,11-12,24H,4-5,9-10,13-14H2. The Balaban J connectivity index is 1.86. The highest BCUT2D eigenvalue weighted by Crippen LogP contribution is 2.31. The fourth-order valence-corrected chi connectivity index (χ4v) is 3.27. The monoisotopic (exact) mass is 328 g/mol. The molecule has 0 atom stereocenters. The summed E-state index contributed by atoms with van der Waals surface area (Å²) in [7, 11) is 0. The van der Waals surface area contributed by atoms with E-state index in [1.807, 2.05) is 30.3 Å². The number of carbonyl (C=O) groups is 1. The lowest BCUT2D eigenvalue weighted by molar-refractivity contribution is 0.00767.